The van der Waals surface area contributed by atoms with Crippen LogP contribution in [0, 0.1) is 0 Å². The predicted octanol–water partition coefficient (Wildman–Crippen LogP) is 4.32. The third-order valence-electron chi connectivity index (χ3n) is 4.41. The Labute approximate surface area is 177 Å². The molecule has 0 saturated heterocycles. The van der Waals surface area contributed by atoms with Crippen molar-refractivity contribution in [3.8, 4) is 11.3 Å². The Morgan fingerprint density at radius 3 is 2.47 bits per heavy atom. The molecule has 0 spiro atoms. The summed E-state index contributed by atoms with van der Waals surface area (Å²) in [5.41, 5.74) is 4.20. The summed E-state index contributed by atoms with van der Waals surface area (Å²) in [5, 5.41) is 5.91. The smallest absolute Gasteiger partial charge is 0.251 e. The van der Waals surface area contributed by atoms with E-state index in [-0.39, 0.29) is 18.4 Å². The zero-order valence-corrected chi connectivity index (χ0v) is 16.6. The molecule has 3 aromatic carbocycles. The van der Waals surface area contributed by atoms with Gasteiger partial charge in [-0.1, -0.05) is 35.9 Å². The van der Waals surface area contributed by atoms with Crippen LogP contribution in [0.3, 0.4) is 0 Å². The molecule has 0 atom stereocenters. The number of anilines is 1. The van der Waals surface area contributed by atoms with Crippen molar-refractivity contribution in [2.45, 2.75) is 0 Å². The Kier molecular flexibility index (Phi) is 5.68. The van der Waals surface area contributed by atoms with Gasteiger partial charge in [-0.2, -0.15) is 0 Å². The van der Waals surface area contributed by atoms with Crippen molar-refractivity contribution >= 4 is 40.1 Å². The van der Waals surface area contributed by atoms with Gasteiger partial charge in [-0.3, -0.25) is 14.6 Å². The number of hydrogen-bond donors (Lipinski definition) is 2. The van der Waals surface area contributed by atoms with E-state index in [4.69, 9.17) is 11.6 Å². The molecule has 0 aliphatic carbocycles. The minimum atomic E-state index is -0.345. The summed E-state index contributed by atoms with van der Waals surface area (Å²) < 4.78 is 0. The molecule has 6 nitrogen and oxygen atoms in total. The van der Waals surface area contributed by atoms with Gasteiger partial charge in [0.1, 0.15) is 0 Å². The second kappa shape index (κ2) is 8.71. The molecule has 4 rings (SSSR count). The quantitative estimate of drug-likeness (QED) is 0.507. The predicted molar refractivity (Wildman–Crippen MR) is 117 cm³/mol. The Hall–Kier alpha value is -3.77. The van der Waals surface area contributed by atoms with Crippen LogP contribution >= 0.6 is 11.6 Å². The average Bonchev–Trinajstić information content (AvgIpc) is 2.78. The maximum atomic E-state index is 12.3. The number of carbonyl (C=O) groups excluding carboxylic acids is 2. The summed E-state index contributed by atoms with van der Waals surface area (Å²) in [6.45, 7) is -0.151. The lowest BCUT2D eigenvalue weighted by atomic mass is 10.1. The number of fused-ring (bicyclic) bond motifs is 1. The zero-order valence-electron chi connectivity index (χ0n) is 15.8. The number of hydrogen-bond acceptors (Lipinski definition) is 4. The van der Waals surface area contributed by atoms with Crippen molar-refractivity contribution in [1.29, 1.82) is 0 Å². The Balaban J connectivity index is 1.41. The van der Waals surface area contributed by atoms with Crippen molar-refractivity contribution in [1.82, 2.24) is 15.3 Å². The van der Waals surface area contributed by atoms with Gasteiger partial charge in [0.15, 0.2) is 0 Å². The molecule has 0 unspecified atom stereocenters. The van der Waals surface area contributed by atoms with Gasteiger partial charge in [0, 0.05) is 21.8 Å². The molecule has 2 N–H and O–H groups in total. The third kappa shape index (κ3) is 4.61. The molecular formula is C23H17ClN4O2. The van der Waals surface area contributed by atoms with Crippen LogP contribution in [-0.2, 0) is 4.79 Å². The first-order chi connectivity index (χ1) is 14.6. The van der Waals surface area contributed by atoms with E-state index in [0.717, 1.165) is 16.6 Å². The molecule has 148 valence electrons. The third-order valence-corrected chi connectivity index (χ3v) is 4.66. The molecule has 1 aromatic heterocycles. The van der Waals surface area contributed by atoms with Gasteiger partial charge >= 0.3 is 0 Å². The van der Waals surface area contributed by atoms with E-state index >= 15 is 0 Å². The van der Waals surface area contributed by atoms with E-state index in [1.807, 2.05) is 42.5 Å². The fourth-order valence-electron chi connectivity index (χ4n) is 2.92. The van der Waals surface area contributed by atoms with Crippen LogP contribution in [-0.4, -0.2) is 28.3 Å². The van der Waals surface area contributed by atoms with Gasteiger partial charge in [0.25, 0.3) is 5.91 Å². The first-order valence-electron chi connectivity index (χ1n) is 9.24. The van der Waals surface area contributed by atoms with E-state index in [9.17, 15) is 9.59 Å². The number of amides is 2. The molecule has 0 fully saturated rings. The number of benzene rings is 3. The lowest BCUT2D eigenvalue weighted by molar-refractivity contribution is -0.115. The summed E-state index contributed by atoms with van der Waals surface area (Å²) in [4.78, 5) is 33.4. The van der Waals surface area contributed by atoms with E-state index in [1.165, 1.54) is 0 Å². The van der Waals surface area contributed by atoms with E-state index in [2.05, 4.69) is 20.6 Å². The number of rotatable bonds is 5. The second-order valence-electron chi connectivity index (χ2n) is 6.56. The molecule has 0 aliphatic heterocycles. The lowest BCUT2D eigenvalue weighted by Gasteiger charge is -2.09. The van der Waals surface area contributed by atoms with E-state index in [1.54, 1.807) is 36.5 Å². The number of carbonyl (C=O) groups is 2. The van der Waals surface area contributed by atoms with Crippen molar-refractivity contribution in [2.75, 3.05) is 11.9 Å². The molecule has 7 heteroatoms. The van der Waals surface area contributed by atoms with Crippen molar-refractivity contribution in [3.05, 3.63) is 89.6 Å². The highest BCUT2D eigenvalue weighted by Crippen LogP contribution is 2.22. The van der Waals surface area contributed by atoms with Gasteiger partial charge in [0.05, 0.1) is 29.5 Å². The molecule has 0 bridgehead atoms. The minimum Gasteiger partial charge on any atom is -0.343 e. The maximum Gasteiger partial charge on any atom is 0.251 e. The topological polar surface area (TPSA) is 84.0 Å². The number of aromatic nitrogens is 2. The van der Waals surface area contributed by atoms with Crippen LogP contribution in [0.2, 0.25) is 5.02 Å². The van der Waals surface area contributed by atoms with Gasteiger partial charge < -0.3 is 10.6 Å². The monoisotopic (exact) mass is 416 g/mol. The van der Waals surface area contributed by atoms with Crippen LogP contribution in [0.5, 0.6) is 0 Å². The van der Waals surface area contributed by atoms with Crippen molar-refractivity contribution in [2.24, 2.45) is 0 Å². The zero-order chi connectivity index (χ0) is 20.9. The van der Waals surface area contributed by atoms with E-state index in [0.29, 0.717) is 22.0 Å². The number of para-hydroxylation sites is 2. The van der Waals surface area contributed by atoms with Crippen LogP contribution in [0.15, 0.2) is 79.0 Å². The van der Waals surface area contributed by atoms with Gasteiger partial charge in [0.2, 0.25) is 5.91 Å². The molecule has 1 heterocycles. The summed E-state index contributed by atoms with van der Waals surface area (Å²) in [6.07, 6.45) is 1.70. The first kappa shape index (κ1) is 19.5. The molecule has 30 heavy (non-hydrogen) atoms. The number of nitrogens with one attached hydrogen (secondary N) is 2. The lowest BCUT2D eigenvalue weighted by Crippen LogP contribution is -2.32. The fourth-order valence-corrected chi connectivity index (χ4v) is 3.05. The highest BCUT2D eigenvalue weighted by molar-refractivity contribution is 6.30. The van der Waals surface area contributed by atoms with Crippen molar-refractivity contribution in [3.63, 3.8) is 0 Å². The van der Waals surface area contributed by atoms with Crippen molar-refractivity contribution < 1.29 is 9.59 Å². The Morgan fingerprint density at radius 1 is 0.900 bits per heavy atom. The number of nitrogens with zero attached hydrogens (tertiary/aromatic N) is 2. The van der Waals surface area contributed by atoms with Crippen LogP contribution in [0.1, 0.15) is 10.4 Å². The fraction of sp³-hybridized carbons (Fsp3) is 0.0435. The number of halogens is 1. The largest absolute Gasteiger partial charge is 0.343 e. The molecule has 0 aliphatic rings. The molecule has 0 radical (unpaired) electrons. The summed E-state index contributed by atoms with van der Waals surface area (Å²) >= 11 is 5.82. The summed E-state index contributed by atoms with van der Waals surface area (Å²) in [7, 11) is 0. The van der Waals surface area contributed by atoms with Gasteiger partial charge in [-0.15, -0.1) is 0 Å². The Morgan fingerprint density at radius 2 is 1.67 bits per heavy atom. The molecule has 0 saturated carbocycles. The SMILES string of the molecule is O=C(CNC(=O)c1ccc(Cl)cc1)Nc1cccc(-c2cnc3ccccc3n2)c1. The summed E-state index contributed by atoms with van der Waals surface area (Å²) in [5.74, 6) is -0.680. The highest BCUT2D eigenvalue weighted by Gasteiger charge is 2.09. The normalized spacial score (nSPS) is 10.6. The molecular weight excluding hydrogens is 400 g/mol. The van der Waals surface area contributed by atoms with E-state index < -0.39 is 0 Å². The van der Waals surface area contributed by atoms with Crippen LogP contribution < -0.4 is 10.6 Å². The second-order valence-corrected chi connectivity index (χ2v) is 7.00. The summed E-state index contributed by atoms with van der Waals surface area (Å²) in [6, 6.07) is 21.4. The minimum absolute atomic E-state index is 0.151. The highest BCUT2D eigenvalue weighted by atomic mass is 35.5. The maximum absolute atomic E-state index is 12.3. The standard InChI is InChI=1S/C23H17ClN4O2/c24-17-10-8-15(9-11-17)23(30)26-14-22(29)27-18-5-3-4-16(12-18)21-13-25-19-6-1-2-7-20(19)28-21/h1-13H,14H2,(H,26,30)(H,27,29). The van der Waals surface area contributed by atoms with Crippen LogP contribution in [0.4, 0.5) is 5.69 Å². The van der Waals surface area contributed by atoms with Crippen LogP contribution in [0.25, 0.3) is 22.3 Å². The molecule has 4 aromatic rings. The van der Waals surface area contributed by atoms with Gasteiger partial charge in [-0.05, 0) is 48.5 Å². The van der Waals surface area contributed by atoms with Gasteiger partial charge in [-0.25, -0.2) is 4.98 Å². The first-order valence-corrected chi connectivity index (χ1v) is 9.62. The Bertz CT molecular complexity index is 1230. The average molecular weight is 417 g/mol. The molecule has 2 amide bonds.